The number of hydrogen-bond donors (Lipinski definition) is 3. The zero-order valence-electron chi connectivity index (χ0n) is 18.4. The zero-order chi connectivity index (χ0) is 21.8. The summed E-state index contributed by atoms with van der Waals surface area (Å²) < 4.78 is 14.6. The molecule has 3 N–H and O–H groups in total. The maximum Gasteiger partial charge on any atom is 0.156 e. The molecule has 164 valence electrons. The number of fused-ring (bicyclic) bond motifs is 1. The molecule has 1 aliphatic carbocycles. The van der Waals surface area contributed by atoms with Crippen LogP contribution >= 0.6 is 0 Å². The number of piperazine rings is 1. The van der Waals surface area contributed by atoms with E-state index >= 15 is 0 Å². The number of phenolic OH excluding ortho intramolecular Hbond substituents is 1. The minimum Gasteiger partial charge on any atom is -0.508 e. The molecule has 2 aromatic heterocycles. The second-order valence-corrected chi connectivity index (χ2v) is 9.89. The lowest BCUT2D eigenvalue weighted by Crippen LogP contribution is -2.66. The first-order valence-corrected chi connectivity index (χ1v) is 11.1. The van der Waals surface area contributed by atoms with Crippen molar-refractivity contribution in [1.29, 1.82) is 0 Å². The monoisotopic (exact) mass is 423 g/mol. The summed E-state index contributed by atoms with van der Waals surface area (Å²) in [6.07, 6.45) is 4.93. The second-order valence-electron chi connectivity index (χ2n) is 9.89. The number of aromatic hydroxyl groups is 1. The topological polar surface area (TPSA) is 77.1 Å². The number of halogens is 1. The van der Waals surface area contributed by atoms with Crippen molar-refractivity contribution in [3.8, 4) is 17.0 Å². The van der Waals surface area contributed by atoms with Crippen LogP contribution in [0.25, 0.3) is 22.3 Å². The lowest BCUT2D eigenvalue weighted by atomic mass is 9.86. The molecule has 7 heteroatoms. The number of nitrogens with zero attached hydrogens (tertiary/aromatic N) is 3. The standard InChI is InChI=1S/C24H30FN5O/c1-15-21-16(12-30-14-23(2,3)26-13-24(30)8-4-5-9-24)10-20(27-22(21)29-28-15)18-7-6-17(31)11-19(18)25/h6-7,10-11,26,31H,4-5,8-9,12-14H2,1-3H3,(H,27,28,29). The Labute approximate surface area is 181 Å². The number of rotatable bonds is 3. The lowest BCUT2D eigenvalue weighted by molar-refractivity contribution is 0.0125. The van der Waals surface area contributed by atoms with Crippen LogP contribution in [0.15, 0.2) is 24.3 Å². The first-order valence-electron chi connectivity index (χ1n) is 11.1. The van der Waals surface area contributed by atoms with Crippen LogP contribution in [0.4, 0.5) is 4.39 Å². The van der Waals surface area contributed by atoms with Crippen LogP contribution in [0.3, 0.4) is 0 Å². The molecular weight excluding hydrogens is 393 g/mol. The third kappa shape index (κ3) is 3.59. The highest BCUT2D eigenvalue weighted by Gasteiger charge is 2.45. The fraction of sp³-hybridized carbons (Fsp3) is 0.500. The SMILES string of the molecule is Cc1n[nH]c2nc(-c3ccc(O)cc3F)cc(CN3CC(C)(C)NCC34CCCC4)c12. The predicted octanol–water partition coefficient (Wildman–Crippen LogP) is 4.27. The molecule has 2 aliphatic rings. The van der Waals surface area contributed by atoms with Crippen molar-refractivity contribution < 1.29 is 9.50 Å². The van der Waals surface area contributed by atoms with Gasteiger partial charge >= 0.3 is 0 Å². The van der Waals surface area contributed by atoms with E-state index in [2.05, 4.69) is 39.2 Å². The molecular formula is C24H30FN5O. The molecule has 1 saturated carbocycles. The van der Waals surface area contributed by atoms with E-state index in [0.717, 1.165) is 42.3 Å². The zero-order valence-corrected chi connectivity index (χ0v) is 18.4. The molecule has 0 radical (unpaired) electrons. The lowest BCUT2D eigenvalue weighted by Gasteiger charge is -2.51. The van der Waals surface area contributed by atoms with Crippen LogP contribution in [0.1, 0.15) is 50.8 Å². The van der Waals surface area contributed by atoms with E-state index in [9.17, 15) is 9.50 Å². The van der Waals surface area contributed by atoms with E-state index < -0.39 is 5.82 Å². The van der Waals surface area contributed by atoms with Gasteiger partial charge in [-0.1, -0.05) is 12.8 Å². The van der Waals surface area contributed by atoms with Gasteiger partial charge in [-0.2, -0.15) is 5.10 Å². The highest BCUT2D eigenvalue weighted by molar-refractivity contribution is 5.84. The molecule has 3 heterocycles. The van der Waals surface area contributed by atoms with Gasteiger partial charge in [0.25, 0.3) is 0 Å². The van der Waals surface area contributed by atoms with Crippen LogP contribution in [-0.2, 0) is 6.54 Å². The van der Waals surface area contributed by atoms with Crippen molar-refractivity contribution in [2.24, 2.45) is 0 Å². The number of hydrogen-bond acceptors (Lipinski definition) is 5. The quantitative estimate of drug-likeness (QED) is 0.586. The summed E-state index contributed by atoms with van der Waals surface area (Å²) in [7, 11) is 0. The number of aromatic amines is 1. The van der Waals surface area contributed by atoms with Crippen molar-refractivity contribution in [2.45, 2.75) is 64.1 Å². The van der Waals surface area contributed by atoms with Crippen LogP contribution in [0.2, 0.25) is 0 Å². The number of pyridine rings is 1. The summed E-state index contributed by atoms with van der Waals surface area (Å²) in [5, 5.41) is 21.8. The van der Waals surface area contributed by atoms with Crippen LogP contribution < -0.4 is 5.32 Å². The summed E-state index contributed by atoms with van der Waals surface area (Å²) in [4.78, 5) is 7.29. The number of aryl methyl sites for hydroxylation is 1. The summed E-state index contributed by atoms with van der Waals surface area (Å²) in [6.45, 7) is 9.22. The average molecular weight is 424 g/mol. The highest BCUT2D eigenvalue weighted by Crippen LogP contribution is 2.40. The first-order chi connectivity index (χ1) is 14.8. The maximum atomic E-state index is 14.6. The molecule has 0 amide bonds. The van der Waals surface area contributed by atoms with Crippen LogP contribution in [0, 0.1) is 12.7 Å². The predicted molar refractivity (Wildman–Crippen MR) is 119 cm³/mol. The molecule has 2 fully saturated rings. The second kappa shape index (κ2) is 7.28. The van der Waals surface area contributed by atoms with Gasteiger partial charge in [0.15, 0.2) is 5.65 Å². The third-order valence-electron chi connectivity index (χ3n) is 7.07. The Balaban J connectivity index is 1.60. The van der Waals surface area contributed by atoms with E-state index in [4.69, 9.17) is 0 Å². The normalized spacial score (nSPS) is 20.6. The fourth-order valence-corrected chi connectivity index (χ4v) is 5.42. The van der Waals surface area contributed by atoms with Gasteiger partial charge in [-0.15, -0.1) is 0 Å². The number of benzene rings is 1. The molecule has 0 unspecified atom stereocenters. The molecule has 3 aromatic rings. The molecule has 31 heavy (non-hydrogen) atoms. The Morgan fingerprint density at radius 1 is 1.19 bits per heavy atom. The summed E-state index contributed by atoms with van der Waals surface area (Å²) in [6, 6.07) is 6.20. The number of nitrogens with one attached hydrogen (secondary N) is 2. The molecule has 1 saturated heterocycles. The van der Waals surface area contributed by atoms with Crippen molar-refractivity contribution in [2.75, 3.05) is 13.1 Å². The van der Waals surface area contributed by atoms with E-state index in [1.807, 2.05) is 13.0 Å². The number of phenols is 1. The van der Waals surface area contributed by atoms with Gasteiger partial charge in [0.1, 0.15) is 11.6 Å². The Morgan fingerprint density at radius 3 is 2.71 bits per heavy atom. The van der Waals surface area contributed by atoms with E-state index in [1.165, 1.54) is 31.7 Å². The minimum atomic E-state index is -0.482. The van der Waals surface area contributed by atoms with Gasteiger partial charge < -0.3 is 10.4 Å². The summed E-state index contributed by atoms with van der Waals surface area (Å²) in [5.41, 5.74) is 3.84. The molecule has 1 aliphatic heterocycles. The Hall–Kier alpha value is -2.51. The van der Waals surface area contributed by atoms with E-state index in [1.54, 1.807) is 6.07 Å². The van der Waals surface area contributed by atoms with Crippen molar-refractivity contribution in [1.82, 2.24) is 25.4 Å². The number of aromatic nitrogens is 3. The van der Waals surface area contributed by atoms with Crippen LogP contribution in [0.5, 0.6) is 5.75 Å². The molecule has 1 spiro atoms. The largest absolute Gasteiger partial charge is 0.508 e. The molecule has 0 atom stereocenters. The van der Waals surface area contributed by atoms with Gasteiger partial charge in [-0.3, -0.25) is 10.00 Å². The molecule has 1 aromatic carbocycles. The van der Waals surface area contributed by atoms with Crippen molar-refractivity contribution in [3.05, 3.63) is 41.3 Å². The molecule has 0 bridgehead atoms. The van der Waals surface area contributed by atoms with E-state index in [0.29, 0.717) is 16.9 Å². The third-order valence-corrected chi connectivity index (χ3v) is 7.07. The Morgan fingerprint density at radius 2 is 1.97 bits per heavy atom. The first kappa shape index (κ1) is 20.4. The molecule has 6 nitrogen and oxygen atoms in total. The van der Waals surface area contributed by atoms with Gasteiger partial charge in [-0.05, 0) is 57.4 Å². The molecule has 5 rings (SSSR count). The van der Waals surface area contributed by atoms with Crippen LogP contribution in [-0.4, -0.2) is 49.4 Å². The fourth-order valence-electron chi connectivity index (χ4n) is 5.42. The summed E-state index contributed by atoms with van der Waals surface area (Å²) in [5.74, 6) is -0.573. The smallest absolute Gasteiger partial charge is 0.156 e. The summed E-state index contributed by atoms with van der Waals surface area (Å²) >= 11 is 0. The Kier molecular flexibility index (Phi) is 4.79. The van der Waals surface area contributed by atoms with Gasteiger partial charge in [0.2, 0.25) is 0 Å². The van der Waals surface area contributed by atoms with Gasteiger partial charge in [0, 0.05) is 47.7 Å². The maximum absolute atomic E-state index is 14.6. The van der Waals surface area contributed by atoms with Crippen molar-refractivity contribution in [3.63, 3.8) is 0 Å². The average Bonchev–Trinajstić information content (AvgIpc) is 3.33. The minimum absolute atomic E-state index is 0.0390. The van der Waals surface area contributed by atoms with Crippen molar-refractivity contribution >= 4 is 11.0 Å². The van der Waals surface area contributed by atoms with Gasteiger partial charge in [0.05, 0.1) is 11.4 Å². The Bertz CT molecular complexity index is 1130. The number of H-pyrrole nitrogens is 1. The van der Waals surface area contributed by atoms with E-state index in [-0.39, 0.29) is 16.8 Å². The van der Waals surface area contributed by atoms with Gasteiger partial charge in [-0.25, -0.2) is 9.37 Å². The highest BCUT2D eigenvalue weighted by atomic mass is 19.1.